The van der Waals surface area contributed by atoms with Crippen molar-refractivity contribution in [2.45, 2.75) is 59.8 Å². The molecule has 0 heterocycles. The first-order chi connectivity index (χ1) is 6.65. The Balaban J connectivity index is 3.77. The first-order valence-corrected chi connectivity index (χ1v) is 6.35. The predicted octanol–water partition coefficient (Wildman–Crippen LogP) is 3.82. The van der Waals surface area contributed by atoms with E-state index in [0.29, 0.717) is 0 Å². The smallest absolute Gasteiger partial charge is 0.00463 e. The minimum absolute atomic E-state index is 0.754. The third-order valence-electron chi connectivity index (χ3n) is 3.58. The van der Waals surface area contributed by atoms with E-state index in [2.05, 4.69) is 27.7 Å². The van der Waals surface area contributed by atoms with Crippen LogP contribution in [-0.2, 0) is 0 Å². The van der Waals surface area contributed by atoms with Gasteiger partial charge in [-0.3, -0.25) is 0 Å². The molecule has 0 aliphatic carbocycles. The molecule has 0 aromatic carbocycles. The summed E-state index contributed by atoms with van der Waals surface area (Å²) in [7, 11) is 0. The van der Waals surface area contributed by atoms with E-state index < -0.39 is 0 Å². The molecule has 1 nitrogen and oxygen atoms in total. The molecule has 0 aromatic rings. The van der Waals surface area contributed by atoms with Gasteiger partial charge in [-0.1, -0.05) is 53.4 Å². The van der Waals surface area contributed by atoms with Crippen LogP contribution in [0, 0.1) is 17.8 Å². The summed E-state index contributed by atoms with van der Waals surface area (Å²) < 4.78 is 0. The fourth-order valence-electron chi connectivity index (χ4n) is 2.03. The van der Waals surface area contributed by atoms with Crippen LogP contribution in [-0.4, -0.2) is 6.54 Å². The maximum absolute atomic E-state index is 5.83. The molecule has 3 atom stereocenters. The van der Waals surface area contributed by atoms with E-state index in [1.165, 1.54) is 32.1 Å². The lowest BCUT2D eigenvalue weighted by Gasteiger charge is -2.23. The summed E-state index contributed by atoms with van der Waals surface area (Å²) in [5.41, 5.74) is 5.83. The third-order valence-corrected chi connectivity index (χ3v) is 3.58. The molecule has 0 rings (SSSR count). The molecule has 0 fully saturated rings. The minimum atomic E-state index is 0.754. The monoisotopic (exact) mass is 199 g/mol. The molecule has 0 saturated carbocycles. The topological polar surface area (TPSA) is 26.0 Å². The maximum atomic E-state index is 5.83. The van der Waals surface area contributed by atoms with Gasteiger partial charge < -0.3 is 5.73 Å². The molecule has 0 aromatic heterocycles. The Morgan fingerprint density at radius 1 is 1.00 bits per heavy atom. The average Bonchev–Trinajstić information content (AvgIpc) is 2.18. The second kappa shape index (κ2) is 8.28. The van der Waals surface area contributed by atoms with Gasteiger partial charge in [0.25, 0.3) is 0 Å². The Hall–Kier alpha value is -0.0400. The van der Waals surface area contributed by atoms with E-state index in [0.717, 1.165) is 24.3 Å². The van der Waals surface area contributed by atoms with Crippen LogP contribution >= 0.6 is 0 Å². The Morgan fingerprint density at radius 2 is 1.64 bits per heavy atom. The van der Waals surface area contributed by atoms with Crippen LogP contribution in [0.25, 0.3) is 0 Å². The highest BCUT2D eigenvalue weighted by Crippen LogP contribution is 2.23. The van der Waals surface area contributed by atoms with Crippen molar-refractivity contribution >= 4 is 0 Å². The van der Waals surface area contributed by atoms with Crippen LogP contribution in [0.3, 0.4) is 0 Å². The fourth-order valence-corrected chi connectivity index (χ4v) is 2.03. The second-order valence-corrected chi connectivity index (χ2v) is 4.85. The molecule has 0 aliphatic rings. The van der Waals surface area contributed by atoms with Gasteiger partial charge in [-0.15, -0.1) is 0 Å². The Kier molecular flexibility index (Phi) is 8.26. The summed E-state index contributed by atoms with van der Waals surface area (Å²) in [6, 6.07) is 0. The highest BCUT2D eigenvalue weighted by atomic mass is 14.6. The lowest BCUT2D eigenvalue weighted by atomic mass is 9.84. The van der Waals surface area contributed by atoms with Gasteiger partial charge in [0.2, 0.25) is 0 Å². The fraction of sp³-hybridized carbons (Fsp3) is 1.00. The van der Waals surface area contributed by atoms with Crippen molar-refractivity contribution in [2.75, 3.05) is 6.54 Å². The van der Waals surface area contributed by atoms with E-state index in [1.807, 2.05) is 0 Å². The SMILES string of the molecule is CCCC(C)C(CN)CCC(C)CC. The summed E-state index contributed by atoms with van der Waals surface area (Å²) in [5, 5.41) is 0. The lowest BCUT2D eigenvalue weighted by Crippen LogP contribution is -2.22. The molecule has 3 unspecified atom stereocenters. The normalized spacial score (nSPS) is 17.8. The highest BCUT2D eigenvalue weighted by molar-refractivity contribution is 4.68. The van der Waals surface area contributed by atoms with E-state index >= 15 is 0 Å². The Bertz CT molecular complexity index is 122. The van der Waals surface area contributed by atoms with E-state index in [4.69, 9.17) is 5.73 Å². The van der Waals surface area contributed by atoms with Crippen molar-refractivity contribution in [3.63, 3.8) is 0 Å². The molecule has 0 spiro atoms. The summed E-state index contributed by atoms with van der Waals surface area (Å²) >= 11 is 0. The number of rotatable bonds is 8. The van der Waals surface area contributed by atoms with Crippen LogP contribution in [0.15, 0.2) is 0 Å². The minimum Gasteiger partial charge on any atom is -0.330 e. The third kappa shape index (κ3) is 5.64. The van der Waals surface area contributed by atoms with Crippen LogP contribution in [0.1, 0.15) is 59.8 Å². The van der Waals surface area contributed by atoms with Crippen molar-refractivity contribution < 1.29 is 0 Å². The van der Waals surface area contributed by atoms with Crippen molar-refractivity contribution in [1.29, 1.82) is 0 Å². The van der Waals surface area contributed by atoms with E-state index in [9.17, 15) is 0 Å². The maximum Gasteiger partial charge on any atom is -0.00463 e. The van der Waals surface area contributed by atoms with Crippen LogP contribution in [0.5, 0.6) is 0 Å². The molecule has 0 aliphatic heterocycles. The molecule has 0 amide bonds. The predicted molar refractivity (Wildman–Crippen MR) is 65.3 cm³/mol. The molecule has 14 heavy (non-hydrogen) atoms. The summed E-state index contributed by atoms with van der Waals surface area (Å²) in [4.78, 5) is 0. The Labute approximate surface area is 90.5 Å². The Morgan fingerprint density at radius 3 is 2.07 bits per heavy atom. The molecule has 86 valence electrons. The molecular weight excluding hydrogens is 170 g/mol. The molecule has 2 N–H and O–H groups in total. The van der Waals surface area contributed by atoms with Gasteiger partial charge in [-0.2, -0.15) is 0 Å². The summed E-state index contributed by atoms with van der Waals surface area (Å²) in [6.45, 7) is 10.1. The van der Waals surface area contributed by atoms with Crippen LogP contribution in [0.2, 0.25) is 0 Å². The molecule has 0 radical (unpaired) electrons. The quantitative estimate of drug-likeness (QED) is 0.632. The first kappa shape index (κ1) is 14.0. The number of hydrogen-bond donors (Lipinski definition) is 1. The van der Waals surface area contributed by atoms with E-state index in [-0.39, 0.29) is 0 Å². The van der Waals surface area contributed by atoms with Gasteiger partial charge in [0.05, 0.1) is 0 Å². The second-order valence-electron chi connectivity index (χ2n) is 4.85. The van der Waals surface area contributed by atoms with Crippen molar-refractivity contribution in [1.82, 2.24) is 0 Å². The van der Waals surface area contributed by atoms with Crippen molar-refractivity contribution in [3.05, 3.63) is 0 Å². The van der Waals surface area contributed by atoms with Gasteiger partial charge in [-0.25, -0.2) is 0 Å². The van der Waals surface area contributed by atoms with Crippen molar-refractivity contribution in [3.8, 4) is 0 Å². The lowest BCUT2D eigenvalue weighted by molar-refractivity contribution is 0.297. The van der Waals surface area contributed by atoms with Crippen LogP contribution in [0.4, 0.5) is 0 Å². The molecule has 0 saturated heterocycles. The molecule has 0 bridgehead atoms. The molecule has 1 heteroatoms. The van der Waals surface area contributed by atoms with Gasteiger partial charge in [0.15, 0.2) is 0 Å². The number of nitrogens with two attached hydrogens (primary N) is 1. The van der Waals surface area contributed by atoms with Gasteiger partial charge >= 0.3 is 0 Å². The standard InChI is InChI=1S/C13H29N/c1-5-7-12(4)13(10-14)9-8-11(3)6-2/h11-13H,5-10,14H2,1-4H3. The zero-order valence-electron chi connectivity index (χ0n) is 10.6. The van der Waals surface area contributed by atoms with Gasteiger partial charge in [0.1, 0.15) is 0 Å². The molecular formula is C13H29N. The first-order valence-electron chi connectivity index (χ1n) is 6.35. The summed E-state index contributed by atoms with van der Waals surface area (Å²) in [6.07, 6.45) is 6.61. The highest BCUT2D eigenvalue weighted by Gasteiger charge is 2.15. The largest absolute Gasteiger partial charge is 0.330 e. The number of hydrogen-bond acceptors (Lipinski definition) is 1. The zero-order valence-corrected chi connectivity index (χ0v) is 10.6. The summed E-state index contributed by atoms with van der Waals surface area (Å²) in [5.74, 6) is 2.44. The van der Waals surface area contributed by atoms with E-state index in [1.54, 1.807) is 0 Å². The van der Waals surface area contributed by atoms with Crippen LogP contribution < -0.4 is 5.73 Å². The zero-order chi connectivity index (χ0) is 11.0. The van der Waals surface area contributed by atoms with Gasteiger partial charge in [0, 0.05) is 0 Å². The van der Waals surface area contributed by atoms with Gasteiger partial charge in [-0.05, 0) is 30.7 Å². The van der Waals surface area contributed by atoms with Crippen molar-refractivity contribution in [2.24, 2.45) is 23.5 Å². The average molecular weight is 199 g/mol.